The Morgan fingerprint density at radius 1 is 1.44 bits per heavy atom. The molecule has 1 aliphatic rings. The number of aryl methyl sites for hydroxylation is 1. The highest BCUT2D eigenvalue weighted by atomic mass is 16.6. The van der Waals surface area contributed by atoms with Crippen molar-refractivity contribution in [3.63, 3.8) is 0 Å². The molecule has 96 valence electrons. The van der Waals surface area contributed by atoms with Crippen LogP contribution in [0, 0.1) is 0 Å². The number of hydrogen-bond donors (Lipinski definition) is 1. The zero-order valence-corrected chi connectivity index (χ0v) is 10.2. The van der Waals surface area contributed by atoms with Crippen molar-refractivity contribution < 1.29 is 9.47 Å². The van der Waals surface area contributed by atoms with Crippen LogP contribution in [-0.2, 0) is 16.5 Å². The normalized spacial score (nSPS) is 20.2. The monoisotopic (exact) mass is 249 g/mol. The van der Waals surface area contributed by atoms with E-state index in [-0.39, 0.29) is 6.10 Å². The molecule has 7 heteroatoms. The van der Waals surface area contributed by atoms with Gasteiger partial charge in [-0.1, -0.05) is 0 Å². The first-order chi connectivity index (χ1) is 8.84. The minimum atomic E-state index is 0.0698. The van der Waals surface area contributed by atoms with Gasteiger partial charge in [-0.05, 0) is 0 Å². The van der Waals surface area contributed by atoms with Gasteiger partial charge in [0.2, 0.25) is 0 Å². The first-order valence-electron chi connectivity index (χ1n) is 5.90. The molecule has 2 aromatic rings. The third-order valence-electron chi connectivity index (χ3n) is 2.91. The van der Waals surface area contributed by atoms with Crippen LogP contribution in [0.3, 0.4) is 0 Å². The molecule has 1 unspecified atom stereocenters. The number of anilines is 1. The van der Waals surface area contributed by atoms with Crippen LogP contribution in [0.5, 0.6) is 0 Å². The standard InChI is InChI=1S/C11H15N5O2/c1-16-11-9(5-15-16)10(13-7-14-11)12-4-8-6-17-2-3-18-8/h5,7-8H,2-4,6H2,1H3,(H,12,13,14). The Hall–Kier alpha value is -1.73. The smallest absolute Gasteiger partial charge is 0.163 e. The fraction of sp³-hybridized carbons (Fsp3) is 0.545. The van der Waals surface area contributed by atoms with Crippen molar-refractivity contribution in [1.29, 1.82) is 0 Å². The molecule has 0 saturated carbocycles. The van der Waals surface area contributed by atoms with E-state index in [0.717, 1.165) is 16.9 Å². The molecule has 0 bridgehead atoms. The number of rotatable bonds is 3. The first-order valence-corrected chi connectivity index (χ1v) is 5.90. The van der Waals surface area contributed by atoms with Crippen molar-refractivity contribution in [2.75, 3.05) is 31.7 Å². The van der Waals surface area contributed by atoms with Gasteiger partial charge in [-0.2, -0.15) is 5.10 Å². The van der Waals surface area contributed by atoms with E-state index in [9.17, 15) is 0 Å². The van der Waals surface area contributed by atoms with Crippen LogP contribution >= 0.6 is 0 Å². The molecule has 1 aliphatic heterocycles. The first kappa shape index (κ1) is 11.4. The number of ether oxygens (including phenoxy) is 2. The van der Waals surface area contributed by atoms with Crippen molar-refractivity contribution in [3.8, 4) is 0 Å². The lowest BCUT2D eigenvalue weighted by atomic mass is 10.3. The van der Waals surface area contributed by atoms with Gasteiger partial charge in [0.15, 0.2) is 5.65 Å². The third-order valence-corrected chi connectivity index (χ3v) is 2.91. The maximum atomic E-state index is 5.57. The molecule has 0 amide bonds. The second-order valence-corrected chi connectivity index (χ2v) is 4.18. The number of aromatic nitrogens is 4. The van der Waals surface area contributed by atoms with E-state index in [1.165, 1.54) is 6.33 Å². The van der Waals surface area contributed by atoms with Crippen LogP contribution in [0.1, 0.15) is 0 Å². The molecule has 0 aromatic carbocycles. The predicted molar refractivity (Wildman–Crippen MR) is 65.4 cm³/mol. The largest absolute Gasteiger partial charge is 0.376 e. The molecule has 3 heterocycles. The molecule has 2 aromatic heterocycles. The van der Waals surface area contributed by atoms with Crippen molar-refractivity contribution in [1.82, 2.24) is 19.7 Å². The Balaban J connectivity index is 1.74. The molecule has 0 aliphatic carbocycles. The molecule has 1 saturated heterocycles. The minimum absolute atomic E-state index is 0.0698. The lowest BCUT2D eigenvalue weighted by molar-refractivity contribution is -0.0819. The Bertz CT molecular complexity index is 535. The highest BCUT2D eigenvalue weighted by Gasteiger charge is 2.15. The zero-order chi connectivity index (χ0) is 12.4. The number of nitrogens with one attached hydrogen (secondary N) is 1. The SMILES string of the molecule is Cn1ncc2c(NCC3COCCO3)ncnc21. The third kappa shape index (κ3) is 2.14. The minimum Gasteiger partial charge on any atom is -0.376 e. The van der Waals surface area contributed by atoms with E-state index in [1.807, 2.05) is 7.05 Å². The van der Waals surface area contributed by atoms with Crippen LogP contribution in [0.15, 0.2) is 12.5 Å². The fourth-order valence-electron chi connectivity index (χ4n) is 1.97. The molecule has 18 heavy (non-hydrogen) atoms. The number of hydrogen-bond acceptors (Lipinski definition) is 6. The average Bonchev–Trinajstić information content (AvgIpc) is 2.80. The molecule has 7 nitrogen and oxygen atoms in total. The van der Waals surface area contributed by atoms with Gasteiger partial charge in [-0.3, -0.25) is 4.68 Å². The summed E-state index contributed by atoms with van der Waals surface area (Å²) < 4.78 is 12.6. The van der Waals surface area contributed by atoms with Crippen LogP contribution in [-0.4, -0.2) is 52.2 Å². The van der Waals surface area contributed by atoms with E-state index >= 15 is 0 Å². The van der Waals surface area contributed by atoms with Gasteiger partial charge in [0.1, 0.15) is 12.1 Å². The summed E-state index contributed by atoms with van der Waals surface area (Å²) in [5.74, 6) is 0.780. The quantitative estimate of drug-likeness (QED) is 0.837. The molecule has 0 radical (unpaired) electrons. The molecule has 3 rings (SSSR count). The summed E-state index contributed by atoms with van der Waals surface area (Å²) in [5.41, 5.74) is 0.813. The Kier molecular flexibility index (Phi) is 3.07. The van der Waals surface area contributed by atoms with Gasteiger partial charge in [0.25, 0.3) is 0 Å². The summed E-state index contributed by atoms with van der Waals surface area (Å²) in [6, 6.07) is 0. The van der Waals surface area contributed by atoms with Crippen LogP contribution in [0.2, 0.25) is 0 Å². The van der Waals surface area contributed by atoms with Gasteiger partial charge in [-0.25, -0.2) is 9.97 Å². The van der Waals surface area contributed by atoms with Gasteiger partial charge in [-0.15, -0.1) is 0 Å². The fourth-order valence-corrected chi connectivity index (χ4v) is 1.97. The summed E-state index contributed by atoms with van der Waals surface area (Å²) in [4.78, 5) is 8.42. The van der Waals surface area contributed by atoms with E-state index in [2.05, 4.69) is 20.4 Å². The average molecular weight is 249 g/mol. The molecule has 1 N–H and O–H groups in total. The summed E-state index contributed by atoms with van der Waals surface area (Å²) in [5, 5.41) is 8.34. The lowest BCUT2D eigenvalue weighted by Crippen LogP contribution is -2.34. The summed E-state index contributed by atoms with van der Waals surface area (Å²) >= 11 is 0. The number of nitrogens with zero attached hydrogens (tertiary/aromatic N) is 4. The zero-order valence-electron chi connectivity index (χ0n) is 10.2. The summed E-state index contributed by atoms with van der Waals surface area (Å²) in [6.07, 6.45) is 3.36. The highest BCUT2D eigenvalue weighted by molar-refractivity contribution is 5.85. The van der Waals surface area contributed by atoms with Gasteiger partial charge < -0.3 is 14.8 Å². The van der Waals surface area contributed by atoms with Crippen molar-refractivity contribution in [2.45, 2.75) is 6.10 Å². The maximum absolute atomic E-state index is 5.57. The maximum Gasteiger partial charge on any atom is 0.163 e. The van der Waals surface area contributed by atoms with Crippen molar-refractivity contribution in [3.05, 3.63) is 12.5 Å². The number of fused-ring (bicyclic) bond motifs is 1. The summed E-state index contributed by atoms with van der Waals surface area (Å²) in [7, 11) is 1.86. The van der Waals surface area contributed by atoms with E-state index in [1.54, 1.807) is 10.9 Å². The molecule has 1 fully saturated rings. The molecular formula is C11H15N5O2. The van der Waals surface area contributed by atoms with E-state index in [0.29, 0.717) is 26.4 Å². The van der Waals surface area contributed by atoms with Crippen molar-refractivity contribution in [2.24, 2.45) is 7.05 Å². The Morgan fingerprint density at radius 2 is 2.39 bits per heavy atom. The van der Waals surface area contributed by atoms with Crippen LogP contribution in [0.4, 0.5) is 5.82 Å². The van der Waals surface area contributed by atoms with E-state index in [4.69, 9.17) is 9.47 Å². The van der Waals surface area contributed by atoms with Gasteiger partial charge in [0, 0.05) is 13.6 Å². The van der Waals surface area contributed by atoms with Crippen LogP contribution in [0.25, 0.3) is 11.0 Å². The lowest BCUT2D eigenvalue weighted by Gasteiger charge is -2.23. The molecule has 1 atom stereocenters. The highest BCUT2D eigenvalue weighted by Crippen LogP contribution is 2.17. The van der Waals surface area contributed by atoms with Crippen molar-refractivity contribution >= 4 is 16.9 Å². The van der Waals surface area contributed by atoms with Gasteiger partial charge >= 0.3 is 0 Å². The van der Waals surface area contributed by atoms with E-state index < -0.39 is 0 Å². The Morgan fingerprint density at radius 3 is 3.22 bits per heavy atom. The topological polar surface area (TPSA) is 74.1 Å². The molecule has 0 spiro atoms. The predicted octanol–water partition coefficient (Wildman–Crippen LogP) is 0.191. The second kappa shape index (κ2) is 4.87. The van der Waals surface area contributed by atoms with Gasteiger partial charge in [0.05, 0.1) is 37.5 Å². The Labute approximate surface area is 104 Å². The molecular weight excluding hydrogens is 234 g/mol. The summed E-state index contributed by atoms with van der Waals surface area (Å²) in [6.45, 7) is 2.62. The second-order valence-electron chi connectivity index (χ2n) is 4.18. The van der Waals surface area contributed by atoms with Crippen LogP contribution < -0.4 is 5.32 Å².